The molecule has 0 aliphatic heterocycles. The number of hydrogen-bond acceptors (Lipinski definition) is 7. The molecule has 0 spiro atoms. The third kappa shape index (κ3) is 3.34. The summed E-state index contributed by atoms with van der Waals surface area (Å²) in [6.45, 7) is 9.90. The standard InChI is InChI=1S/C14H20N4O2S/c1-7-9(14(3,4)5)6-10(19)11(12(7)20)16-17-13-15-8(2)18-21-13/h7,9,20H,6H2,1-5H3. The summed E-state index contributed by atoms with van der Waals surface area (Å²) in [6, 6.07) is 0. The van der Waals surface area contributed by atoms with Crippen molar-refractivity contribution in [3.8, 4) is 0 Å². The number of aliphatic hydroxyl groups is 1. The van der Waals surface area contributed by atoms with E-state index >= 15 is 0 Å². The number of allylic oxidation sites excluding steroid dienone is 2. The lowest BCUT2D eigenvalue weighted by atomic mass is 9.68. The van der Waals surface area contributed by atoms with Gasteiger partial charge in [-0.05, 0) is 18.3 Å². The van der Waals surface area contributed by atoms with Gasteiger partial charge in [0.2, 0.25) is 5.13 Å². The lowest BCUT2D eigenvalue weighted by Gasteiger charge is -2.37. The molecule has 0 aromatic carbocycles. The number of carbonyl (C=O) groups excluding carboxylic acids is 1. The van der Waals surface area contributed by atoms with Crippen molar-refractivity contribution in [2.45, 2.75) is 41.0 Å². The lowest BCUT2D eigenvalue weighted by Crippen LogP contribution is -2.34. The van der Waals surface area contributed by atoms with Gasteiger partial charge in [0.1, 0.15) is 11.6 Å². The molecule has 21 heavy (non-hydrogen) atoms. The van der Waals surface area contributed by atoms with Crippen molar-refractivity contribution in [3.63, 3.8) is 0 Å². The van der Waals surface area contributed by atoms with Crippen molar-refractivity contribution < 1.29 is 9.90 Å². The van der Waals surface area contributed by atoms with Gasteiger partial charge in [-0.1, -0.05) is 27.7 Å². The van der Waals surface area contributed by atoms with Gasteiger partial charge in [-0.3, -0.25) is 4.79 Å². The molecule has 1 aromatic rings. The average Bonchev–Trinajstić information content (AvgIpc) is 2.78. The molecule has 2 rings (SSSR count). The van der Waals surface area contributed by atoms with Gasteiger partial charge in [0.15, 0.2) is 11.5 Å². The second-order valence-electron chi connectivity index (χ2n) is 6.45. The number of carbonyl (C=O) groups is 1. The van der Waals surface area contributed by atoms with Crippen LogP contribution in [-0.2, 0) is 4.79 Å². The minimum atomic E-state index is -0.171. The SMILES string of the molecule is Cc1nsc(N=NC2=C(O)C(C)C(C(C)(C)C)CC2=O)n1. The molecule has 1 heterocycles. The molecule has 6 nitrogen and oxygen atoms in total. The van der Waals surface area contributed by atoms with Crippen molar-refractivity contribution in [3.05, 3.63) is 17.3 Å². The van der Waals surface area contributed by atoms with Crippen molar-refractivity contribution in [2.24, 2.45) is 27.5 Å². The van der Waals surface area contributed by atoms with Crippen LogP contribution in [0.3, 0.4) is 0 Å². The molecule has 2 atom stereocenters. The summed E-state index contributed by atoms with van der Waals surface area (Å²) in [7, 11) is 0. The first kappa shape index (κ1) is 15.8. The summed E-state index contributed by atoms with van der Waals surface area (Å²) >= 11 is 1.11. The second kappa shape index (κ2) is 5.63. The number of aryl methyl sites for hydroxylation is 1. The molecule has 1 aliphatic rings. The van der Waals surface area contributed by atoms with Crippen LogP contribution in [0.15, 0.2) is 21.7 Å². The van der Waals surface area contributed by atoms with Crippen LogP contribution < -0.4 is 0 Å². The summed E-state index contributed by atoms with van der Waals surface area (Å²) in [5, 5.41) is 18.5. The van der Waals surface area contributed by atoms with Crippen LogP contribution in [0.25, 0.3) is 0 Å². The maximum absolute atomic E-state index is 12.2. The number of aromatic nitrogens is 2. The minimum absolute atomic E-state index is 0.0242. The van der Waals surface area contributed by atoms with E-state index in [0.29, 0.717) is 17.4 Å². The smallest absolute Gasteiger partial charge is 0.249 e. The number of Topliss-reactive ketones (excluding diaryl/α,β-unsaturated/α-hetero) is 1. The van der Waals surface area contributed by atoms with Gasteiger partial charge >= 0.3 is 0 Å². The van der Waals surface area contributed by atoms with Crippen molar-refractivity contribution in [1.29, 1.82) is 0 Å². The van der Waals surface area contributed by atoms with E-state index < -0.39 is 0 Å². The summed E-state index contributed by atoms with van der Waals surface area (Å²) in [5.41, 5.74) is -0.00179. The molecule has 1 N–H and O–H groups in total. The maximum Gasteiger partial charge on any atom is 0.249 e. The van der Waals surface area contributed by atoms with Gasteiger partial charge in [0.05, 0.1) is 0 Å². The highest BCUT2D eigenvalue weighted by molar-refractivity contribution is 7.09. The number of ketones is 1. The molecule has 0 saturated carbocycles. The largest absolute Gasteiger partial charge is 0.510 e. The molecule has 7 heteroatoms. The Labute approximate surface area is 128 Å². The molecule has 2 unspecified atom stereocenters. The fourth-order valence-corrected chi connectivity index (χ4v) is 3.11. The first-order valence-electron chi connectivity index (χ1n) is 6.88. The average molecular weight is 308 g/mol. The van der Waals surface area contributed by atoms with E-state index in [1.807, 2.05) is 6.92 Å². The molecule has 0 fully saturated rings. The van der Waals surface area contributed by atoms with Crippen LogP contribution in [0.2, 0.25) is 0 Å². The van der Waals surface area contributed by atoms with Crippen LogP contribution in [-0.4, -0.2) is 20.2 Å². The van der Waals surface area contributed by atoms with Gasteiger partial charge in [-0.15, -0.1) is 10.2 Å². The quantitative estimate of drug-likeness (QED) is 0.837. The van der Waals surface area contributed by atoms with E-state index in [-0.39, 0.29) is 34.5 Å². The Bertz CT molecular complexity index is 613. The van der Waals surface area contributed by atoms with E-state index in [9.17, 15) is 9.90 Å². The third-order valence-corrected chi connectivity index (χ3v) is 4.50. The van der Waals surface area contributed by atoms with E-state index in [4.69, 9.17) is 0 Å². The second-order valence-corrected chi connectivity index (χ2v) is 7.18. The molecule has 1 aromatic heterocycles. The van der Waals surface area contributed by atoms with E-state index in [1.165, 1.54) is 0 Å². The van der Waals surface area contributed by atoms with E-state index in [0.717, 1.165) is 11.5 Å². The molecule has 0 radical (unpaired) electrons. The Balaban J connectivity index is 2.29. The molecule has 0 bridgehead atoms. The van der Waals surface area contributed by atoms with Gasteiger partial charge < -0.3 is 5.11 Å². The Morgan fingerprint density at radius 1 is 1.33 bits per heavy atom. The summed E-state index contributed by atoms with van der Waals surface area (Å²) in [4.78, 5) is 16.3. The summed E-state index contributed by atoms with van der Waals surface area (Å²) in [5.74, 6) is 0.440. The zero-order valence-electron chi connectivity index (χ0n) is 12.9. The topological polar surface area (TPSA) is 87.8 Å². The first-order valence-corrected chi connectivity index (χ1v) is 7.66. The third-order valence-electron chi connectivity index (χ3n) is 3.81. The Morgan fingerprint density at radius 2 is 2.00 bits per heavy atom. The predicted octanol–water partition coefficient (Wildman–Crippen LogP) is 3.97. The van der Waals surface area contributed by atoms with Crippen molar-refractivity contribution in [2.75, 3.05) is 0 Å². The monoisotopic (exact) mass is 308 g/mol. The highest BCUT2D eigenvalue weighted by atomic mass is 32.1. The van der Waals surface area contributed by atoms with Crippen LogP contribution in [0.1, 0.15) is 39.9 Å². The first-order chi connectivity index (χ1) is 9.70. The summed E-state index contributed by atoms with van der Waals surface area (Å²) < 4.78 is 3.99. The normalized spacial score (nSPS) is 24.1. The number of nitrogens with zero attached hydrogens (tertiary/aromatic N) is 4. The van der Waals surface area contributed by atoms with Gasteiger partial charge in [-0.2, -0.15) is 4.37 Å². The molecular weight excluding hydrogens is 288 g/mol. The zero-order valence-corrected chi connectivity index (χ0v) is 13.7. The predicted molar refractivity (Wildman–Crippen MR) is 80.5 cm³/mol. The molecule has 114 valence electrons. The molecule has 0 amide bonds. The maximum atomic E-state index is 12.2. The molecule has 1 aliphatic carbocycles. The zero-order chi connectivity index (χ0) is 15.8. The van der Waals surface area contributed by atoms with Crippen LogP contribution in [0.5, 0.6) is 0 Å². The van der Waals surface area contributed by atoms with E-state index in [2.05, 4.69) is 40.4 Å². The van der Waals surface area contributed by atoms with Gasteiger partial charge in [0, 0.05) is 23.9 Å². The fourth-order valence-electron chi connectivity index (χ4n) is 2.60. The number of aliphatic hydroxyl groups excluding tert-OH is 1. The number of azo groups is 1. The molecule has 0 saturated heterocycles. The fraction of sp³-hybridized carbons (Fsp3) is 0.643. The Kier molecular flexibility index (Phi) is 4.22. The highest BCUT2D eigenvalue weighted by Crippen LogP contribution is 2.42. The highest BCUT2D eigenvalue weighted by Gasteiger charge is 2.40. The number of rotatable bonds is 2. The van der Waals surface area contributed by atoms with Gasteiger partial charge in [-0.25, -0.2) is 4.98 Å². The van der Waals surface area contributed by atoms with Gasteiger partial charge in [0.25, 0.3) is 0 Å². The van der Waals surface area contributed by atoms with Crippen molar-refractivity contribution in [1.82, 2.24) is 9.36 Å². The van der Waals surface area contributed by atoms with E-state index in [1.54, 1.807) is 6.92 Å². The lowest BCUT2D eigenvalue weighted by molar-refractivity contribution is -0.119. The van der Waals surface area contributed by atoms with Crippen LogP contribution in [0.4, 0.5) is 5.13 Å². The molecular formula is C14H20N4O2S. The van der Waals surface area contributed by atoms with Crippen molar-refractivity contribution >= 4 is 22.4 Å². The Morgan fingerprint density at radius 3 is 2.52 bits per heavy atom. The van der Waals surface area contributed by atoms with Crippen LogP contribution in [0, 0.1) is 24.2 Å². The number of hydrogen-bond donors (Lipinski definition) is 1. The Hall–Kier alpha value is -1.63. The van der Waals surface area contributed by atoms with Crippen LogP contribution >= 0.6 is 11.5 Å². The summed E-state index contributed by atoms with van der Waals surface area (Å²) in [6.07, 6.45) is 0.373. The minimum Gasteiger partial charge on any atom is -0.510 e.